The number of aryl methyl sites for hydroxylation is 1. The van der Waals surface area contributed by atoms with Gasteiger partial charge in [0.15, 0.2) is 5.76 Å². The molecule has 3 heteroatoms. The predicted molar refractivity (Wildman–Crippen MR) is 53.4 cm³/mol. The summed E-state index contributed by atoms with van der Waals surface area (Å²) in [5.74, 6) is 1.23. The number of hydrogen-bond donors (Lipinski definition) is 0. The molecule has 0 N–H and O–H groups in total. The maximum absolute atomic E-state index is 11.7. The molecule has 0 saturated carbocycles. The Kier molecular flexibility index (Phi) is 3.89. The Morgan fingerprint density at radius 2 is 2.29 bits per heavy atom. The van der Waals surface area contributed by atoms with Gasteiger partial charge in [0.2, 0.25) is 5.78 Å². The van der Waals surface area contributed by atoms with E-state index in [1.807, 2.05) is 13.8 Å². The summed E-state index contributed by atoms with van der Waals surface area (Å²) >= 11 is 0. The summed E-state index contributed by atoms with van der Waals surface area (Å²) in [7, 11) is 1.63. The van der Waals surface area contributed by atoms with Crippen LogP contribution in [0.2, 0.25) is 0 Å². The highest BCUT2D eigenvalue weighted by Gasteiger charge is 2.17. The number of carbonyl (C=O) groups excluding carboxylic acids is 1. The first-order valence-corrected chi connectivity index (χ1v) is 4.74. The van der Waals surface area contributed by atoms with Gasteiger partial charge < -0.3 is 9.15 Å². The van der Waals surface area contributed by atoms with Crippen molar-refractivity contribution in [2.45, 2.75) is 20.3 Å². The second-order valence-electron chi connectivity index (χ2n) is 3.46. The molecule has 1 aromatic heterocycles. The molecular weight excluding hydrogens is 180 g/mol. The van der Waals surface area contributed by atoms with Crippen molar-refractivity contribution in [3.63, 3.8) is 0 Å². The molecule has 14 heavy (non-hydrogen) atoms. The van der Waals surface area contributed by atoms with E-state index in [0.29, 0.717) is 12.4 Å². The van der Waals surface area contributed by atoms with Crippen LogP contribution in [-0.4, -0.2) is 19.5 Å². The Bertz CT molecular complexity index is 301. The smallest absolute Gasteiger partial charge is 0.200 e. The first-order chi connectivity index (χ1) is 6.65. The number of rotatable bonds is 5. The zero-order chi connectivity index (χ0) is 10.6. The molecule has 0 amide bonds. The van der Waals surface area contributed by atoms with E-state index < -0.39 is 0 Å². The van der Waals surface area contributed by atoms with Gasteiger partial charge in [0.05, 0.1) is 0 Å². The van der Waals surface area contributed by atoms with E-state index in [2.05, 4.69) is 0 Å². The number of furan rings is 1. The number of methoxy groups -OCH3 is 1. The molecule has 78 valence electrons. The van der Waals surface area contributed by atoms with E-state index in [-0.39, 0.29) is 11.7 Å². The van der Waals surface area contributed by atoms with Crippen LogP contribution in [0.1, 0.15) is 29.7 Å². The largest absolute Gasteiger partial charge is 0.458 e. The van der Waals surface area contributed by atoms with E-state index in [1.165, 1.54) is 0 Å². The van der Waals surface area contributed by atoms with Crippen molar-refractivity contribution in [3.8, 4) is 0 Å². The molecule has 0 fully saturated rings. The lowest BCUT2D eigenvalue weighted by Crippen LogP contribution is -2.12. The lowest BCUT2D eigenvalue weighted by atomic mass is 10.0. The van der Waals surface area contributed by atoms with Crippen LogP contribution in [0, 0.1) is 12.8 Å². The van der Waals surface area contributed by atoms with E-state index in [1.54, 1.807) is 19.2 Å². The maximum Gasteiger partial charge on any atom is 0.200 e. The fraction of sp³-hybridized carbons (Fsp3) is 0.545. The van der Waals surface area contributed by atoms with Gasteiger partial charge in [-0.25, -0.2) is 0 Å². The molecule has 1 unspecified atom stereocenters. The first-order valence-electron chi connectivity index (χ1n) is 4.74. The van der Waals surface area contributed by atoms with Gasteiger partial charge in [0.1, 0.15) is 5.76 Å². The molecule has 0 saturated heterocycles. The van der Waals surface area contributed by atoms with Gasteiger partial charge in [0.25, 0.3) is 0 Å². The Morgan fingerprint density at radius 3 is 2.79 bits per heavy atom. The number of carbonyl (C=O) groups is 1. The van der Waals surface area contributed by atoms with Crippen molar-refractivity contribution < 1.29 is 13.9 Å². The van der Waals surface area contributed by atoms with Crippen LogP contribution in [0.5, 0.6) is 0 Å². The van der Waals surface area contributed by atoms with Crippen molar-refractivity contribution in [1.82, 2.24) is 0 Å². The number of ketones is 1. The Labute approximate surface area is 84.1 Å². The van der Waals surface area contributed by atoms with E-state index in [4.69, 9.17) is 9.15 Å². The Hall–Kier alpha value is -1.09. The molecule has 0 spiro atoms. The van der Waals surface area contributed by atoms with Gasteiger partial charge in [-0.05, 0) is 25.5 Å². The fourth-order valence-electron chi connectivity index (χ4n) is 1.24. The topological polar surface area (TPSA) is 39.4 Å². The highest BCUT2D eigenvalue weighted by molar-refractivity contribution is 5.95. The third kappa shape index (κ3) is 2.70. The molecule has 0 bridgehead atoms. The van der Waals surface area contributed by atoms with Crippen LogP contribution in [0.15, 0.2) is 16.5 Å². The van der Waals surface area contributed by atoms with Crippen LogP contribution >= 0.6 is 0 Å². The van der Waals surface area contributed by atoms with Gasteiger partial charge in [-0.2, -0.15) is 0 Å². The zero-order valence-electron chi connectivity index (χ0n) is 8.87. The molecule has 0 aromatic carbocycles. The normalized spacial score (nSPS) is 12.8. The van der Waals surface area contributed by atoms with Crippen LogP contribution in [0.3, 0.4) is 0 Å². The van der Waals surface area contributed by atoms with Crippen LogP contribution in [0.25, 0.3) is 0 Å². The number of Topliss-reactive ketones (excluding diaryl/α,β-unsaturated/α-hetero) is 1. The summed E-state index contributed by atoms with van der Waals surface area (Å²) in [6.45, 7) is 4.32. The monoisotopic (exact) mass is 196 g/mol. The van der Waals surface area contributed by atoms with Gasteiger partial charge in [-0.1, -0.05) is 6.92 Å². The molecule has 0 radical (unpaired) electrons. The second-order valence-corrected chi connectivity index (χ2v) is 3.46. The molecule has 3 nitrogen and oxygen atoms in total. The van der Waals surface area contributed by atoms with Crippen LogP contribution < -0.4 is 0 Å². The zero-order valence-corrected chi connectivity index (χ0v) is 8.87. The van der Waals surface area contributed by atoms with E-state index in [9.17, 15) is 4.79 Å². The molecule has 1 aromatic rings. The number of ether oxygens (including phenoxy) is 1. The molecule has 0 aliphatic rings. The lowest BCUT2D eigenvalue weighted by Gasteiger charge is -2.06. The summed E-state index contributed by atoms with van der Waals surface area (Å²) in [4.78, 5) is 11.7. The quantitative estimate of drug-likeness (QED) is 0.679. The molecular formula is C11H16O3. The van der Waals surface area contributed by atoms with Crippen molar-refractivity contribution >= 4 is 5.78 Å². The number of hydrogen-bond acceptors (Lipinski definition) is 3. The van der Waals surface area contributed by atoms with Crippen molar-refractivity contribution in [2.75, 3.05) is 13.7 Å². The minimum atomic E-state index is -0.0412. The third-order valence-corrected chi connectivity index (χ3v) is 2.19. The van der Waals surface area contributed by atoms with Gasteiger partial charge >= 0.3 is 0 Å². The molecule has 0 aliphatic heterocycles. The lowest BCUT2D eigenvalue weighted by molar-refractivity contribution is 0.0864. The summed E-state index contributed by atoms with van der Waals surface area (Å²) in [6.07, 6.45) is 0.731. The van der Waals surface area contributed by atoms with Gasteiger partial charge in [-0.15, -0.1) is 0 Å². The van der Waals surface area contributed by atoms with Crippen LogP contribution in [-0.2, 0) is 4.74 Å². The average molecular weight is 196 g/mol. The minimum Gasteiger partial charge on any atom is -0.458 e. The maximum atomic E-state index is 11.7. The summed E-state index contributed by atoms with van der Waals surface area (Å²) in [5, 5.41) is 0. The van der Waals surface area contributed by atoms with Crippen LogP contribution in [0.4, 0.5) is 0 Å². The first kappa shape index (κ1) is 11.0. The molecule has 1 rings (SSSR count). The summed E-state index contributed by atoms with van der Waals surface area (Å²) in [5.41, 5.74) is 0. The van der Waals surface area contributed by atoms with Gasteiger partial charge in [0, 0.05) is 19.6 Å². The van der Waals surface area contributed by atoms with Crippen molar-refractivity contribution in [2.24, 2.45) is 5.92 Å². The minimum absolute atomic E-state index is 0.0412. The van der Waals surface area contributed by atoms with Gasteiger partial charge in [-0.3, -0.25) is 4.79 Å². The summed E-state index contributed by atoms with van der Waals surface area (Å²) < 4.78 is 10.2. The highest BCUT2D eigenvalue weighted by Crippen LogP contribution is 2.14. The second kappa shape index (κ2) is 4.96. The van der Waals surface area contributed by atoms with Crippen molar-refractivity contribution in [1.29, 1.82) is 0 Å². The Balaban J connectivity index is 2.56. The van der Waals surface area contributed by atoms with E-state index >= 15 is 0 Å². The molecule has 1 atom stereocenters. The fourth-order valence-corrected chi connectivity index (χ4v) is 1.24. The predicted octanol–water partition coefficient (Wildman–Crippen LogP) is 2.44. The highest BCUT2D eigenvalue weighted by atomic mass is 16.5. The standard InChI is InChI=1S/C11H16O3/c1-8(6-7-13-3)11(12)10-5-4-9(2)14-10/h4-5,8H,6-7H2,1-3H3. The third-order valence-electron chi connectivity index (χ3n) is 2.19. The SMILES string of the molecule is COCCC(C)C(=O)c1ccc(C)o1. The molecule has 1 heterocycles. The van der Waals surface area contributed by atoms with Crippen molar-refractivity contribution in [3.05, 3.63) is 23.7 Å². The Morgan fingerprint density at radius 1 is 1.57 bits per heavy atom. The average Bonchev–Trinajstić information content (AvgIpc) is 2.60. The summed E-state index contributed by atoms with van der Waals surface area (Å²) in [6, 6.07) is 3.53. The molecule has 0 aliphatic carbocycles. The van der Waals surface area contributed by atoms with E-state index in [0.717, 1.165) is 12.2 Å².